The third-order valence-electron chi connectivity index (χ3n) is 5.09. The lowest BCUT2D eigenvalue weighted by Crippen LogP contribution is -2.26. The fraction of sp³-hybridized carbons (Fsp3) is 0.350. The number of thiophene rings is 1. The van der Waals surface area contributed by atoms with Crippen LogP contribution in [0.4, 0.5) is 0 Å². The lowest BCUT2D eigenvalue weighted by molar-refractivity contribution is -0.138. The van der Waals surface area contributed by atoms with E-state index in [0.717, 1.165) is 16.3 Å². The molecule has 4 rings (SSSR count). The van der Waals surface area contributed by atoms with Crippen LogP contribution in [0, 0.1) is 6.92 Å². The van der Waals surface area contributed by atoms with Gasteiger partial charge in [0.25, 0.3) is 5.56 Å². The van der Waals surface area contributed by atoms with Crippen molar-refractivity contribution in [3.8, 4) is 0 Å². The van der Waals surface area contributed by atoms with Gasteiger partial charge in [0, 0.05) is 11.3 Å². The maximum absolute atomic E-state index is 13.3. The molecular formula is C20H20N2O3S. The van der Waals surface area contributed by atoms with Crippen molar-refractivity contribution in [1.82, 2.24) is 9.55 Å². The molecule has 5 nitrogen and oxygen atoms in total. The average molecular weight is 368 g/mol. The van der Waals surface area contributed by atoms with Crippen LogP contribution in [0.5, 0.6) is 0 Å². The van der Waals surface area contributed by atoms with Gasteiger partial charge in [0.2, 0.25) is 0 Å². The van der Waals surface area contributed by atoms with Crippen LogP contribution in [0.2, 0.25) is 0 Å². The molecule has 0 spiro atoms. The van der Waals surface area contributed by atoms with E-state index in [2.05, 4.69) is 0 Å². The number of carboxylic acid groups (broad SMARTS) is 1. The topological polar surface area (TPSA) is 72.2 Å². The summed E-state index contributed by atoms with van der Waals surface area (Å²) in [7, 11) is 0. The molecule has 1 N–H and O–H groups in total. The van der Waals surface area contributed by atoms with Crippen LogP contribution in [0.25, 0.3) is 10.2 Å². The number of aryl methyl sites for hydroxylation is 3. The molecule has 2 heterocycles. The fourth-order valence-electron chi connectivity index (χ4n) is 3.72. The molecule has 0 fully saturated rings. The molecule has 0 saturated carbocycles. The second-order valence-electron chi connectivity index (χ2n) is 6.81. The number of nitrogens with zero attached hydrogens (tertiary/aromatic N) is 2. The second-order valence-corrected chi connectivity index (χ2v) is 7.89. The lowest BCUT2D eigenvalue weighted by Gasteiger charge is -2.13. The number of aromatic nitrogens is 2. The molecule has 1 atom stereocenters. The molecule has 1 aliphatic rings. The standard InChI is InChI=1S/C20H20N2O3S/c1-3-15-21-18-17(16-13(20(24)25)8-9-14(16)26-18)19(23)22(15)10-12-6-4-11(2)5-7-12/h4-7,13H,3,8-10H2,1-2H3,(H,24,25). The Morgan fingerprint density at radius 2 is 2.08 bits per heavy atom. The fourth-order valence-corrected chi connectivity index (χ4v) is 4.98. The van der Waals surface area contributed by atoms with Crippen molar-refractivity contribution in [2.45, 2.75) is 45.6 Å². The van der Waals surface area contributed by atoms with Gasteiger partial charge in [0.1, 0.15) is 10.7 Å². The summed E-state index contributed by atoms with van der Waals surface area (Å²) in [4.78, 5) is 31.3. The first-order chi connectivity index (χ1) is 12.5. The smallest absolute Gasteiger partial charge is 0.311 e. The summed E-state index contributed by atoms with van der Waals surface area (Å²) in [5.41, 5.74) is 2.80. The van der Waals surface area contributed by atoms with Crippen LogP contribution >= 0.6 is 11.3 Å². The summed E-state index contributed by atoms with van der Waals surface area (Å²) in [6, 6.07) is 8.09. The van der Waals surface area contributed by atoms with Gasteiger partial charge in [-0.2, -0.15) is 0 Å². The second kappa shape index (κ2) is 6.36. The molecule has 1 aromatic carbocycles. The Morgan fingerprint density at radius 3 is 2.73 bits per heavy atom. The first-order valence-electron chi connectivity index (χ1n) is 8.83. The Hall–Kier alpha value is -2.47. The van der Waals surface area contributed by atoms with E-state index in [0.29, 0.717) is 41.6 Å². The van der Waals surface area contributed by atoms with E-state index in [1.807, 2.05) is 38.1 Å². The van der Waals surface area contributed by atoms with Crippen molar-refractivity contribution >= 4 is 27.5 Å². The van der Waals surface area contributed by atoms with Crippen molar-refractivity contribution in [1.29, 1.82) is 0 Å². The molecule has 0 saturated heterocycles. The number of aliphatic carboxylic acids is 1. The van der Waals surface area contributed by atoms with Crippen molar-refractivity contribution < 1.29 is 9.90 Å². The molecule has 3 aromatic rings. The van der Waals surface area contributed by atoms with Gasteiger partial charge in [0.15, 0.2) is 0 Å². The molecule has 0 bridgehead atoms. The third kappa shape index (κ3) is 2.65. The molecule has 0 amide bonds. The van der Waals surface area contributed by atoms with Gasteiger partial charge in [0.05, 0.1) is 17.8 Å². The summed E-state index contributed by atoms with van der Waals surface area (Å²) in [5, 5.41) is 10.0. The summed E-state index contributed by atoms with van der Waals surface area (Å²) in [5.74, 6) is -0.698. The number of carbonyl (C=O) groups is 1. The SMILES string of the molecule is CCc1nc2sc3c(c2c(=O)n1Cc1ccc(C)cc1)C(C(=O)O)CC3. The maximum Gasteiger partial charge on any atom is 0.311 e. The first-order valence-corrected chi connectivity index (χ1v) is 9.64. The van der Waals surface area contributed by atoms with Gasteiger partial charge < -0.3 is 5.11 Å². The van der Waals surface area contributed by atoms with Crippen LogP contribution in [0.15, 0.2) is 29.1 Å². The minimum atomic E-state index is -0.854. The molecule has 2 aromatic heterocycles. The van der Waals surface area contributed by atoms with E-state index in [4.69, 9.17) is 4.98 Å². The van der Waals surface area contributed by atoms with Gasteiger partial charge >= 0.3 is 5.97 Å². The highest BCUT2D eigenvalue weighted by Crippen LogP contribution is 2.42. The molecule has 1 aliphatic carbocycles. The van der Waals surface area contributed by atoms with E-state index < -0.39 is 11.9 Å². The summed E-state index contributed by atoms with van der Waals surface area (Å²) in [6.45, 7) is 4.47. The van der Waals surface area contributed by atoms with Gasteiger partial charge in [-0.1, -0.05) is 36.8 Å². The summed E-state index contributed by atoms with van der Waals surface area (Å²) in [6.07, 6.45) is 1.94. The number of rotatable bonds is 4. The Labute approximate surface area is 154 Å². The largest absolute Gasteiger partial charge is 0.481 e. The molecule has 0 radical (unpaired) electrons. The zero-order valence-corrected chi connectivity index (χ0v) is 15.6. The first kappa shape index (κ1) is 17.0. The maximum atomic E-state index is 13.3. The monoisotopic (exact) mass is 368 g/mol. The summed E-state index contributed by atoms with van der Waals surface area (Å²) < 4.78 is 1.71. The van der Waals surface area contributed by atoms with E-state index in [1.54, 1.807) is 4.57 Å². The molecule has 134 valence electrons. The van der Waals surface area contributed by atoms with E-state index in [1.165, 1.54) is 16.9 Å². The average Bonchev–Trinajstić information content (AvgIpc) is 3.17. The van der Waals surface area contributed by atoms with Crippen LogP contribution in [0.3, 0.4) is 0 Å². The number of benzene rings is 1. The Balaban J connectivity index is 1.91. The van der Waals surface area contributed by atoms with Crippen molar-refractivity contribution in [2.24, 2.45) is 0 Å². The van der Waals surface area contributed by atoms with E-state index in [9.17, 15) is 14.7 Å². The Morgan fingerprint density at radius 1 is 1.35 bits per heavy atom. The van der Waals surface area contributed by atoms with Crippen LogP contribution in [-0.4, -0.2) is 20.6 Å². The van der Waals surface area contributed by atoms with Gasteiger partial charge in [-0.05, 0) is 30.9 Å². The Bertz CT molecular complexity index is 1060. The molecule has 6 heteroatoms. The lowest BCUT2D eigenvalue weighted by atomic mass is 10.0. The number of hydrogen-bond donors (Lipinski definition) is 1. The third-order valence-corrected chi connectivity index (χ3v) is 6.25. The highest BCUT2D eigenvalue weighted by molar-refractivity contribution is 7.18. The molecule has 1 unspecified atom stereocenters. The number of hydrogen-bond acceptors (Lipinski definition) is 4. The van der Waals surface area contributed by atoms with Crippen LogP contribution in [0.1, 0.15) is 46.7 Å². The predicted molar refractivity (Wildman–Crippen MR) is 102 cm³/mol. The summed E-state index contributed by atoms with van der Waals surface area (Å²) >= 11 is 1.48. The van der Waals surface area contributed by atoms with E-state index >= 15 is 0 Å². The van der Waals surface area contributed by atoms with Gasteiger partial charge in [-0.25, -0.2) is 4.98 Å². The Kier molecular flexibility index (Phi) is 4.15. The van der Waals surface area contributed by atoms with E-state index in [-0.39, 0.29) is 5.56 Å². The normalized spacial score (nSPS) is 16.2. The quantitative estimate of drug-likeness (QED) is 0.765. The zero-order chi connectivity index (χ0) is 18.4. The zero-order valence-electron chi connectivity index (χ0n) is 14.8. The molecule has 26 heavy (non-hydrogen) atoms. The molecular weight excluding hydrogens is 348 g/mol. The van der Waals surface area contributed by atoms with Crippen molar-refractivity contribution in [3.63, 3.8) is 0 Å². The minimum Gasteiger partial charge on any atom is -0.481 e. The van der Waals surface area contributed by atoms with Gasteiger partial charge in [-0.15, -0.1) is 11.3 Å². The minimum absolute atomic E-state index is 0.113. The van der Waals surface area contributed by atoms with Crippen LogP contribution in [-0.2, 0) is 24.2 Å². The van der Waals surface area contributed by atoms with Gasteiger partial charge in [-0.3, -0.25) is 14.2 Å². The molecule has 0 aliphatic heterocycles. The predicted octanol–water partition coefficient (Wildman–Crippen LogP) is 3.49. The highest BCUT2D eigenvalue weighted by atomic mass is 32.1. The van der Waals surface area contributed by atoms with Crippen molar-refractivity contribution in [3.05, 3.63) is 62.0 Å². The van der Waals surface area contributed by atoms with Crippen molar-refractivity contribution in [2.75, 3.05) is 0 Å². The van der Waals surface area contributed by atoms with Crippen LogP contribution < -0.4 is 5.56 Å². The number of carboxylic acids is 1. The highest BCUT2D eigenvalue weighted by Gasteiger charge is 2.34. The number of fused-ring (bicyclic) bond motifs is 3.